The van der Waals surface area contributed by atoms with E-state index in [0.29, 0.717) is 55.0 Å². The van der Waals surface area contributed by atoms with Gasteiger partial charge < -0.3 is 20.1 Å². The van der Waals surface area contributed by atoms with E-state index in [1.807, 2.05) is 31.3 Å². The zero-order chi connectivity index (χ0) is 19.3. The molecule has 0 unspecified atom stereocenters. The maximum atomic E-state index is 12.4. The second kappa shape index (κ2) is 7.95. The van der Waals surface area contributed by atoms with Crippen molar-refractivity contribution in [2.45, 2.75) is 6.92 Å². The van der Waals surface area contributed by atoms with Gasteiger partial charge in [0.05, 0.1) is 11.3 Å². The monoisotopic (exact) mass is 380 g/mol. The fourth-order valence-corrected chi connectivity index (χ4v) is 2.80. The van der Waals surface area contributed by atoms with E-state index in [1.165, 1.54) is 0 Å². The summed E-state index contributed by atoms with van der Waals surface area (Å²) in [5.41, 5.74) is 1.38. The smallest absolute Gasteiger partial charge is 0.255 e. The molecule has 1 aliphatic rings. The molecule has 0 bridgehead atoms. The highest BCUT2D eigenvalue weighted by atomic mass is 16.6. The number of hydrogen-bond acceptors (Lipinski definition) is 7. The van der Waals surface area contributed by atoms with Crippen molar-refractivity contribution in [2.75, 3.05) is 31.6 Å². The van der Waals surface area contributed by atoms with Crippen molar-refractivity contribution in [2.24, 2.45) is 0 Å². The number of para-hydroxylation sites is 1. The summed E-state index contributed by atoms with van der Waals surface area (Å²) in [6, 6.07) is 10.8. The van der Waals surface area contributed by atoms with Gasteiger partial charge in [-0.1, -0.05) is 6.07 Å². The molecule has 1 aromatic carbocycles. The van der Waals surface area contributed by atoms with Gasteiger partial charge in [0, 0.05) is 19.3 Å². The summed E-state index contributed by atoms with van der Waals surface area (Å²) >= 11 is 0. The van der Waals surface area contributed by atoms with Gasteiger partial charge in [-0.2, -0.15) is 5.10 Å². The van der Waals surface area contributed by atoms with Gasteiger partial charge in [-0.05, 0) is 37.3 Å². The van der Waals surface area contributed by atoms with E-state index < -0.39 is 0 Å². The van der Waals surface area contributed by atoms with Crippen LogP contribution in [0.25, 0.3) is 5.82 Å². The summed E-state index contributed by atoms with van der Waals surface area (Å²) in [5, 5.41) is 18.5. The van der Waals surface area contributed by atoms with Crippen LogP contribution in [0.1, 0.15) is 16.1 Å². The zero-order valence-corrected chi connectivity index (χ0v) is 15.4. The van der Waals surface area contributed by atoms with Crippen molar-refractivity contribution in [1.29, 1.82) is 0 Å². The maximum Gasteiger partial charge on any atom is 0.255 e. The standard InChI is InChI=1S/C19H20N6O3/c1-13-7-10-25(24-13)17-6-5-16(22-23-17)20-8-9-21-19(26)14-3-2-4-15-18(14)28-12-11-27-15/h2-7,10H,8-9,11-12H2,1H3,(H,20,22)(H,21,26). The lowest BCUT2D eigenvalue weighted by Gasteiger charge is -2.20. The van der Waals surface area contributed by atoms with Gasteiger partial charge in [-0.3, -0.25) is 4.79 Å². The first-order valence-corrected chi connectivity index (χ1v) is 8.98. The average molecular weight is 380 g/mol. The van der Waals surface area contributed by atoms with Crippen molar-refractivity contribution >= 4 is 11.7 Å². The Morgan fingerprint density at radius 1 is 1.11 bits per heavy atom. The highest BCUT2D eigenvalue weighted by Gasteiger charge is 2.19. The Morgan fingerprint density at radius 3 is 2.79 bits per heavy atom. The number of carbonyl (C=O) groups excluding carboxylic acids is 1. The molecule has 2 N–H and O–H groups in total. The van der Waals surface area contributed by atoms with Gasteiger partial charge in [0.15, 0.2) is 17.3 Å². The Morgan fingerprint density at radius 2 is 2.00 bits per heavy atom. The number of anilines is 1. The molecule has 28 heavy (non-hydrogen) atoms. The summed E-state index contributed by atoms with van der Waals surface area (Å²) < 4.78 is 12.7. The van der Waals surface area contributed by atoms with Crippen LogP contribution < -0.4 is 20.1 Å². The number of aromatic nitrogens is 4. The van der Waals surface area contributed by atoms with Crippen LogP contribution in [0.3, 0.4) is 0 Å². The number of rotatable bonds is 6. The lowest BCUT2D eigenvalue weighted by atomic mass is 10.1. The molecule has 1 aliphatic heterocycles. The minimum Gasteiger partial charge on any atom is -0.486 e. The molecule has 3 heterocycles. The quantitative estimate of drug-likeness (QED) is 0.626. The Hall–Kier alpha value is -3.62. The summed E-state index contributed by atoms with van der Waals surface area (Å²) in [7, 11) is 0. The maximum absolute atomic E-state index is 12.4. The molecule has 0 atom stereocenters. The summed E-state index contributed by atoms with van der Waals surface area (Å²) in [6.45, 7) is 3.77. The Balaban J connectivity index is 1.28. The molecule has 3 aromatic rings. The largest absolute Gasteiger partial charge is 0.486 e. The third-order valence-electron chi connectivity index (χ3n) is 4.14. The normalized spacial score (nSPS) is 12.5. The number of carbonyl (C=O) groups is 1. The van der Waals surface area contributed by atoms with Crippen LogP contribution in [0.15, 0.2) is 42.6 Å². The Bertz CT molecular complexity index is 970. The Kier molecular flexibility index (Phi) is 5.05. The zero-order valence-electron chi connectivity index (χ0n) is 15.4. The molecule has 2 aromatic heterocycles. The van der Waals surface area contributed by atoms with Crippen LogP contribution in [-0.2, 0) is 0 Å². The highest BCUT2D eigenvalue weighted by molar-refractivity contribution is 5.97. The van der Waals surface area contributed by atoms with Crippen LogP contribution >= 0.6 is 0 Å². The van der Waals surface area contributed by atoms with Crippen molar-refractivity contribution < 1.29 is 14.3 Å². The summed E-state index contributed by atoms with van der Waals surface area (Å²) in [5.74, 6) is 2.15. The number of nitrogens with one attached hydrogen (secondary N) is 2. The van der Waals surface area contributed by atoms with Crippen molar-refractivity contribution in [1.82, 2.24) is 25.3 Å². The van der Waals surface area contributed by atoms with Crippen LogP contribution in [0.5, 0.6) is 11.5 Å². The average Bonchev–Trinajstić information content (AvgIpc) is 3.17. The van der Waals surface area contributed by atoms with E-state index in [0.717, 1.165) is 5.69 Å². The van der Waals surface area contributed by atoms with Crippen molar-refractivity contribution in [3.05, 3.63) is 53.9 Å². The third kappa shape index (κ3) is 3.88. The van der Waals surface area contributed by atoms with E-state index in [9.17, 15) is 4.79 Å². The second-order valence-corrected chi connectivity index (χ2v) is 6.19. The number of nitrogens with zero attached hydrogens (tertiary/aromatic N) is 4. The first kappa shape index (κ1) is 17.8. The summed E-state index contributed by atoms with van der Waals surface area (Å²) in [4.78, 5) is 12.4. The number of hydrogen-bond donors (Lipinski definition) is 2. The molecule has 0 spiro atoms. The number of fused-ring (bicyclic) bond motifs is 1. The molecule has 9 heteroatoms. The first-order valence-electron chi connectivity index (χ1n) is 8.98. The van der Waals surface area contributed by atoms with Gasteiger partial charge in [-0.25, -0.2) is 4.68 Å². The topological polar surface area (TPSA) is 103 Å². The minimum atomic E-state index is -0.209. The molecule has 0 aliphatic carbocycles. The SMILES string of the molecule is Cc1ccn(-c2ccc(NCCNC(=O)c3cccc4c3OCCO4)nn2)n1. The number of ether oxygens (including phenoxy) is 2. The predicted molar refractivity (Wildman–Crippen MR) is 102 cm³/mol. The molecule has 9 nitrogen and oxygen atoms in total. The summed E-state index contributed by atoms with van der Waals surface area (Å²) in [6.07, 6.45) is 1.83. The third-order valence-corrected chi connectivity index (χ3v) is 4.14. The molecule has 144 valence electrons. The molecule has 0 saturated heterocycles. The van der Waals surface area contributed by atoms with Gasteiger partial charge in [0.25, 0.3) is 5.91 Å². The van der Waals surface area contributed by atoms with Crippen LogP contribution in [0, 0.1) is 6.92 Å². The van der Waals surface area contributed by atoms with Gasteiger partial charge in [0.1, 0.15) is 19.0 Å². The number of benzene rings is 1. The molecule has 1 amide bonds. The fourth-order valence-electron chi connectivity index (χ4n) is 2.80. The van der Waals surface area contributed by atoms with Gasteiger partial charge in [0.2, 0.25) is 0 Å². The van der Waals surface area contributed by atoms with Crippen molar-refractivity contribution in [3.8, 4) is 17.3 Å². The first-order chi connectivity index (χ1) is 13.7. The highest BCUT2D eigenvalue weighted by Crippen LogP contribution is 2.33. The lowest BCUT2D eigenvalue weighted by molar-refractivity contribution is 0.0944. The van der Waals surface area contributed by atoms with Crippen LogP contribution in [0.4, 0.5) is 5.82 Å². The van der Waals surface area contributed by atoms with Crippen LogP contribution in [-0.4, -0.2) is 52.2 Å². The predicted octanol–water partition coefficient (Wildman–Crippen LogP) is 1.58. The van der Waals surface area contributed by atoms with E-state index >= 15 is 0 Å². The van der Waals surface area contributed by atoms with E-state index in [4.69, 9.17) is 9.47 Å². The molecule has 0 radical (unpaired) electrons. The molecular formula is C19H20N6O3. The minimum absolute atomic E-state index is 0.209. The van der Waals surface area contributed by atoms with E-state index in [2.05, 4.69) is 25.9 Å². The van der Waals surface area contributed by atoms with Crippen molar-refractivity contribution in [3.63, 3.8) is 0 Å². The molecule has 4 rings (SSSR count). The van der Waals surface area contributed by atoms with E-state index in [-0.39, 0.29) is 5.91 Å². The molecular weight excluding hydrogens is 360 g/mol. The van der Waals surface area contributed by atoms with Gasteiger partial charge >= 0.3 is 0 Å². The Labute approximate surface area is 161 Å². The van der Waals surface area contributed by atoms with Gasteiger partial charge in [-0.15, -0.1) is 10.2 Å². The number of amides is 1. The molecule has 0 saturated carbocycles. The van der Waals surface area contributed by atoms with Crippen LogP contribution in [0.2, 0.25) is 0 Å². The molecule has 0 fully saturated rings. The second-order valence-electron chi connectivity index (χ2n) is 6.19. The number of aryl methyl sites for hydroxylation is 1. The fraction of sp³-hybridized carbons (Fsp3) is 0.263. The van der Waals surface area contributed by atoms with E-state index in [1.54, 1.807) is 22.9 Å². The lowest BCUT2D eigenvalue weighted by Crippen LogP contribution is -2.30.